The fourth-order valence-electron chi connectivity index (χ4n) is 2.03. The van der Waals surface area contributed by atoms with Crippen LogP contribution in [0.3, 0.4) is 0 Å². The van der Waals surface area contributed by atoms with E-state index >= 15 is 0 Å². The molecule has 0 amide bonds. The van der Waals surface area contributed by atoms with Gasteiger partial charge in [0.05, 0.1) is 0 Å². The fraction of sp³-hybridized carbons (Fsp3) is 0. The van der Waals surface area contributed by atoms with Crippen LogP contribution in [0.25, 0.3) is 12.2 Å². The molecule has 0 bridgehead atoms. The highest BCUT2D eigenvalue weighted by Gasteiger charge is 2.11. The first-order valence-corrected chi connectivity index (χ1v) is 6.00. The molecule has 0 saturated heterocycles. The summed E-state index contributed by atoms with van der Waals surface area (Å²) in [6.45, 7) is 7.84. The van der Waals surface area contributed by atoms with Crippen LogP contribution in [0, 0.1) is 0 Å². The molecule has 0 aliphatic carbocycles. The molecule has 0 unspecified atom stereocenters. The lowest BCUT2D eigenvalue weighted by atomic mass is 9.79. The van der Waals surface area contributed by atoms with E-state index in [4.69, 9.17) is 0 Å². The smallest absolute Gasteiger partial charge is 0.423 e. The second-order valence-electron chi connectivity index (χ2n) is 4.27. The Morgan fingerprint density at radius 2 is 1.79 bits per heavy atom. The maximum atomic E-state index is 9.24. The SMILES string of the molecule is C=C/C(c1cccc(B(O)O)c1)=c1/ccccc1=C. The van der Waals surface area contributed by atoms with Gasteiger partial charge in [0, 0.05) is 0 Å². The third-order valence-electron chi connectivity index (χ3n) is 3.01. The van der Waals surface area contributed by atoms with Gasteiger partial charge < -0.3 is 10.0 Å². The molecule has 0 aromatic heterocycles. The molecule has 0 spiro atoms. The molecule has 2 nitrogen and oxygen atoms in total. The molecular formula is C16H15BO2. The zero-order chi connectivity index (χ0) is 13.8. The Morgan fingerprint density at radius 1 is 1.05 bits per heavy atom. The van der Waals surface area contributed by atoms with Crippen molar-refractivity contribution in [1.82, 2.24) is 0 Å². The van der Waals surface area contributed by atoms with Gasteiger partial charge in [0.25, 0.3) is 0 Å². The monoisotopic (exact) mass is 250 g/mol. The first-order valence-electron chi connectivity index (χ1n) is 6.00. The van der Waals surface area contributed by atoms with Gasteiger partial charge in [-0.2, -0.15) is 0 Å². The van der Waals surface area contributed by atoms with Crippen molar-refractivity contribution in [3.05, 3.63) is 77.2 Å². The molecule has 2 aromatic carbocycles. The van der Waals surface area contributed by atoms with Crippen LogP contribution in [0.2, 0.25) is 0 Å². The zero-order valence-corrected chi connectivity index (χ0v) is 10.6. The summed E-state index contributed by atoms with van der Waals surface area (Å²) >= 11 is 0. The van der Waals surface area contributed by atoms with Crippen LogP contribution in [0.15, 0.2) is 61.2 Å². The molecule has 0 aliphatic rings. The van der Waals surface area contributed by atoms with Crippen LogP contribution in [0.5, 0.6) is 0 Å². The molecular weight excluding hydrogens is 235 g/mol. The average Bonchev–Trinajstić information content (AvgIpc) is 2.42. The van der Waals surface area contributed by atoms with Crippen molar-refractivity contribution in [2.45, 2.75) is 0 Å². The van der Waals surface area contributed by atoms with Crippen molar-refractivity contribution in [2.24, 2.45) is 0 Å². The highest BCUT2D eigenvalue weighted by atomic mass is 16.4. The molecule has 2 aromatic rings. The molecule has 0 atom stereocenters. The van der Waals surface area contributed by atoms with Gasteiger partial charge in [0.1, 0.15) is 0 Å². The predicted octanol–water partition coefficient (Wildman–Crippen LogP) is 0.162. The normalized spacial score (nSPS) is 11.9. The van der Waals surface area contributed by atoms with Gasteiger partial charge in [0.15, 0.2) is 0 Å². The molecule has 3 heteroatoms. The Balaban J connectivity index is 2.71. The number of rotatable bonds is 3. The number of benzene rings is 2. The molecule has 0 saturated carbocycles. The minimum absolute atomic E-state index is 0.457. The van der Waals surface area contributed by atoms with Crippen molar-refractivity contribution in [2.75, 3.05) is 0 Å². The average molecular weight is 250 g/mol. The maximum Gasteiger partial charge on any atom is 0.488 e. The van der Waals surface area contributed by atoms with Gasteiger partial charge in [-0.25, -0.2) is 0 Å². The van der Waals surface area contributed by atoms with Crippen molar-refractivity contribution < 1.29 is 10.0 Å². The van der Waals surface area contributed by atoms with E-state index in [1.807, 2.05) is 30.3 Å². The highest BCUT2D eigenvalue weighted by Crippen LogP contribution is 2.10. The van der Waals surface area contributed by atoms with Crippen LogP contribution in [-0.2, 0) is 0 Å². The highest BCUT2D eigenvalue weighted by molar-refractivity contribution is 6.58. The van der Waals surface area contributed by atoms with Crippen LogP contribution in [-0.4, -0.2) is 17.2 Å². The van der Waals surface area contributed by atoms with Gasteiger partial charge in [-0.05, 0) is 27.0 Å². The van der Waals surface area contributed by atoms with E-state index in [2.05, 4.69) is 13.2 Å². The van der Waals surface area contributed by atoms with E-state index < -0.39 is 7.12 Å². The van der Waals surface area contributed by atoms with Crippen molar-refractivity contribution in [1.29, 1.82) is 0 Å². The van der Waals surface area contributed by atoms with E-state index in [1.165, 1.54) is 0 Å². The molecule has 2 N–H and O–H groups in total. The zero-order valence-electron chi connectivity index (χ0n) is 10.6. The summed E-state index contributed by atoms with van der Waals surface area (Å²) in [7, 11) is -1.47. The lowest BCUT2D eigenvalue weighted by Crippen LogP contribution is -2.30. The summed E-state index contributed by atoms with van der Waals surface area (Å²) in [5, 5.41) is 20.4. The van der Waals surface area contributed by atoms with Gasteiger partial charge >= 0.3 is 7.12 Å². The quantitative estimate of drug-likeness (QED) is 0.762. The first-order chi connectivity index (χ1) is 9.13. The molecule has 0 heterocycles. The third kappa shape index (κ3) is 2.84. The number of allylic oxidation sites excluding steroid dienone is 1. The minimum Gasteiger partial charge on any atom is -0.423 e. The van der Waals surface area contributed by atoms with Gasteiger partial charge in [-0.15, -0.1) is 0 Å². The van der Waals surface area contributed by atoms with Crippen molar-refractivity contribution in [3.8, 4) is 0 Å². The van der Waals surface area contributed by atoms with E-state index in [1.54, 1.807) is 24.3 Å². The molecule has 19 heavy (non-hydrogen) atoms. The summed E-state index contributed by atoms with van der Waals surface area (Å²) in [5.74, 6) is 0. The van der Waals surface area contributed by atoms with Crippen LogP contribution < -0.4 is 15.9 Å². The Kier molecular flexibility index (Phi) is 4.00. The molecule has 2 rings (SSSR count). The summed E-state index contributed by atoms with van der Waals surface area (Å²) in [4.78, 5) is 0. The first kappa shape index (κ1) is 13.3. The molecule has 94 valence electrons. The largest absolute Gasteiger partial charge is 0.488 e. The predicted molar refractivity (Wildman–Crippen MR) is 80.2 cm³/mol. The molecule has 0 fully saturated rings. The standard InChI is InChI=1S/C16H15BO2/c1-3-15(16-10-5-4-7-12(16)2)13-8-6-9-14(11-13)17(18)19/h3-11,18-19H,1-2H2/b16-15+. The van der Waals surface area contributed by atoms with Crippen molar-refractivity contribution in [3.63, 3.8) is 0 Å². The minimum atomic E-state index is -1.47. The molecule has 0 radical (unpaired) electrons. The third-order valence-corrected chi connectivity index (χ3v) is 3.01. The van der Waals surface area contributed by atoms with Crippen molar-refractivity contribution >= 4 is 24.7 Å². The van der Waals surface area contributed by atoms with E-state index in [0.717, 1.165) is 21.6 Å². The topological polar surface area (TPSA) is 40.5 Å². The van der Waals surface area contributed by atoms with E-state index in [-0.39, 0.29) is 0 Å². The maximum absolute atomic E-state index is 9.24. The fourth-order valence-corrected chi connectivity index (χ4v) is 2.03. The summed E-state index contributed by atoms with van der Waals surface area (Å²) in [5.41, 5.74) is 2.27. The Morgan fingerprint density at radius 3 is 2.42 bits per heavy atom. The van der Waals surface area contributed by atoms with Gasteiger partial charge in [-0.1, -0.05) is 67.8 Å². The summed E-state index contributed by atoms with van der Waals surface area (Å²) in [6, 6.07) is 14.9. The van der Waals surface area contributed by atoms with Gasteiger partial charge in [-0.3, -0.25) is 0 Å². The molecule has 0 aliphatic heterocycles. The number of hydrogen-bond donors (Lipinski definition) is 2. The Bertz CT molecular complexity index is 705. The van der Waals surface area contributed by atoms with Crippen LogP contribution >= 0.6 is 0 Å². The second kappa shape index (κ2) is 5.70. The Labute approximate surface area is 112 Å². The van der Waals surface area contributed by atoms with Crippen LogP contribution in [0.1, 0.15) is 5.56 Å². The number of hydrogen-bond acceptors (Lipinski definition) is 2. The summed E-state index contributed by atoms with van der Waals surface area (Å²) < 4.78 is 0. The van der Waals surface area contributed by atoms with Crippen LogP contribution in [0.4, 0.5) is 0 Å². The van der Waals surface area contributed by atoms with Gasteiger partial charge in [0.2, 0.25) is 0 Å². The lowest BCUT2D eigenvalue weighted by molar-refractivity contribution is 0.426. The Hall–Kier alpha value is -2.10. The lowest BCUT2D eigenvalue weighted by Gasteiger charge is -2.06. The summed E-state index contributed by atoms with van der Waals surface area (Å²) in [6.07, 6.45) is 1.76. The second-order valence-corrected chi connectivity index (χ2v) is 4.27. The van der Waals surface area contributed by atoms with E-state index in [0.29, 0.717) is 5.46 Å². The van der Waals surface area contributed by atoms with E-state index in [9.17, 15) is 10.0 Å².